The Morgan fingerprint density at radius 1 is 1.02 bits per heavy atom. The molecule has 1 aromatic carbocycles. The first-order valence-electron chi connectivity index (χ1n) is 12.7. The van der Waals surface area contributed by atoms with Gasteiger partial charge in [-0.3, -0.25) is 29.4 Å². The Morgan fingerprint density at radius 3 is 2.58 bits per heavy atom. The number of hydrogen-bond donors (Lipinski definition) is 0. The largest absolute Gasteiger partial charge is 0.417 e. The number of fused-ring (bicyclic) bond motifs is 3. The van der Waals surface area contributed by atoms with Crippen LogP contribution in [0, 0.1) is 11.8 Å². The summed E-state index contributed by atoms with van der Waals surface area (Å²) in [7, 11) is 1.72. The monoisotopic (exact) mass is 543 g/mol. The van der Waals surface area contributed by atoms with Crippen molar-refractivity contribution in [1.82, 2.24) is 14.9 Å². The highest BCUT2D eigenvalue weighted by Gasteiger charge is 2.54. The molecule has 2 aromatic heterocycles. The van der Waals surface area contributed by atoms with E-state index >= 15 is 0 Å². The fraction of sp³-hybridized carbons (Fsp3) is 0.300. The zero-order valence-corrected chi connectivity index (χ0v) is 22.0. The Balaban J connectivity index is 1.27. The summed E-state index contributed by atoms with van der Waals surface area (Å²) in [5.41, 5.74) is 0.202. The zero-order valence-electron chi connectivity index (χ0n) is 22.0. The standard InChI is InChI=1S/C30H24F3N5O2/c1-28(2)26(39)38(24(36-28)20-9-4-5-10-21(20)30(31,32)33)13-7-8-18-14-19-15-29(16-23(19)35-17-18)22-11-6-12-34-25(22)37(3)27(29)40/h4-6,9-12,14,17H,13,15-16H2,1-3H3. The Hall–Kier alpha value is -4.52. The van der Waals surface area contributed by atoms with Crippen molar-refractivity contribution in [2.75, 3.05) is 18.5 Å². The summed E-state index contributed by atoms with van der Waals surface area (Å²) in [4.78, 5) is 42.5. The number of carbonyl (C=O) groups is 2. The predicted molar refractivity (Wildman–Crippen MR) is 142 cm³/mol. The average molecular weight is 544 g/mol. The molecule has 1 atom stereocenters. The summed E-state index contributed by atoms with van der Waals surface area (Å²) < 4.78 is 41.2. The molecule has 0 N–H and O–H groups in total. The molecule has 202 valence electrons. The zero-order chi connectivity index (χ0) is 28.4. The Kier molecular flexibility index (Phi) is 5.63. The van der Waals surface area contributed by atoms with Crippen LogP contribution in [0.3, 0.4) is 0 Å². The first-order valence-corrected chi connectivity index (χ1v) is 12.7. The predicted octanol–water partition coefficient (Wildman–Crippen LogP) is 3.93. The molecule has 6 rings (SSSR count). The lowest BCUT2D eigenvalue weighted by atomic mass is 9.79. The molecule has 2 aliphatic heterocycles. The maximum Gasteiger partial charge on any atom is 0.417 e. The van der Waals surface area contributed by atoms with Gasteiger partial charge in [-0.05, 0) is 44.0 Å². The summed E-state index contributed by atoms with van der Waals surface area (Å²) in [5, 5.41) is 0. The molecule has 1 unspecified atom stereocenters. The van der Waals surface area contributed by atoms with Gasteiger partial charge in [0.2, 0.25) is 5.91 Å². The van der Waals surface area contributed by atoms with Crippen LogP contribution in [-0.2, 0) is 34.0 Å². The summed E-state index contributed by atoms with van der Waals surface area (Å²) in [6.45, 7) is 2.99. The number of amidine groups is 1. The number of amides is 2. The number of anilines is 1. The number of aromatic nitrogens is 2. The van der Waals surface area contributed by atoms with E-state index in [9.17, 15) is 22.8 Å². The van der Waals surface area contributed by atoms with Crippen LogP contribution in [0.5, 0.6) is 0 Å². The summed E-state index contributed by atoms with van der Waals surface area (Å²) in [6.07, 6.45) is -0.391. The van der Waals surface area contributed by atoms with E-state index in [-0.39, 0.29) is 23.9 Å². The normalized spacial score (nSPS) is 20.9. The molecule has 3 aliphatic rings. The summed E-state index contributed by atoms with van der Waals surface area (Å²) in [6, 6.07) is 10.7. The van der Waals surface area contributed by atoms with Crippen LogP contribution in [0.15, 0.2) is 59.9 Å². The Morgan fingerprint density at radius 2 is 1.80 bits per heavy atom. The summed E-state index contributed by atoms with van der Waals surface area (Å²) in [5.74, 6) is 6.06. The lowest BCUT2D eigenvalue weighted by molar-refractivity contribution is -0.138. The second kappa shape index (κ2) is 8.74. The first-order chi connectivity index (χ1) is 18.9. The molecule has 0 saturated carbocycles. The number of pyridine rings is 2. The van der Waals surface area contributed by atoms with Crippen LogP contribution in [0.2, 0.25) is 0 Å². The number of aliphatic imine (C=N–C) groups is 1. The third-order valence-electron chi connectivity index (χ3n) is 7.71. The molecular weight excluding hydrogens is 519 g/mol. The fourth-order valence-corrected chi connectivity index (χ4v) is 5.80. The number of rotatable bonds is 2. The number of likely N-dealkylation sites (N-methyl/N-ethyl adjacent to an activating group) is 1. The van der Waals surface area contributed by atoms with Crippen molar-refractivity contribution in [3.63, 3.8) is 0 Å². The van der Waals surface area contributed by atoms with Crippen molar-refractivity contribution in [2.45, 2.75) is 43.8 Å². The van der Waals surface area contributed by atoms with Crippen LogP contribution in [-0.4, -0.2) is 51.6 Å². The van der Waals surface area contributed by atoms with Gasteiger partial charge >= 0.3 is 6.18 Å². The molecule has 0 fully saturated rings. The minimum Gasteiger partial charge on any atom is -0.299 e. The van der Waals surface area contributed by atoms with E-state index in [1.165, 1.54) is 23.1 Å². The van der Waals surface area contributed by atoms with Gasteiger partial charge < -0.3 is 0 Å². The third kappa shape index (κ3) is 3.87. The fourth-order valence-electron chi connectivity index (χ4n) is 5.80. The SMILES string of the molecule is CN1C(=O)C2(Cc3cc(C#CCN4C(=O)C(C)(C)N=C4c4ccccc4C(F)(F)F)cnc3C2)c2cccnc21. The second-order valence-electron chi connectivity index (χ2n) is 10.7. The molecule has 40 heavy (non-hydrogen) atoms. The van der Waals surface area contributed by atoms with Crippen LogP contribution in [0.4, 0.5) is 19.0 Å². The van der Waals surface area contributed by atoms with Crippen LogP contribution >= 0.6 is 0 Å². The van der Waals surface area contributed by atoms with E-state index in [1.54, 1.807) is 38.2 Å². The average Bonchev–Trinajstić information content (AvgIpc) is 3.49. The molecular formula is C30H24F3N5O2. The third-order valence-corrected chi connectivity index (χ3v) is 7.71. The lowest BCUT2D eigenvalue weighted by Gasteiger charge is -2.21. The number of carbonyl (C=O) groups excluding carboxylic acids is 2. The van der Waals surface area contributed by atoms with Crippen molar-refractivity contribution >= 4 is 23.5 Å². The van der Waals surface area contributed by atoms with Gasteiger partial charge in [0.1, 0.15) is 17.2 Å². The van der Waals surface area contributed by atoms with Crippen LogP contribution < -0.4 is 4.90 Å². The van der Waals surface area contributed by atoms with Crippen molar-refractivity contribution in [1.29, 1.82) is 0 Å². The quantitative estimate of drug-likeness (QED) is 0.459. The van der Waals surface area contributed by atoms with E-state index < -0.39 is 28.6 Å². The van der Waals surface area contributed by atoms with E-state index in [1.807, 2.05) is 18.2 Å². The molecule has 0 radical (unpaired) electrons. The van der Waals surface area contributed by atoms with Gasteiger partial charge in [0, 0.05) is 48.2 Å². The number of benzene rings is 1. The number of hydrogen-bond acceptors (Lipinski definition) is 5. The van der Waals surface area contributed by atoms with Gasteiger partial charge in [-0.25, -0.2) is 4.98 Å². The minimum absolute atomic E-state index is 0.0204. The molecule has 3 aromatic rings. The van der Waals surface area contributed by atoms with E-state index in [0.29, 0.717) is 24.2 Å². The highest BCUT2D eigenvalue weighted by Crippen LogP contribution is 2.48. The molecule has 1 aliphatic carbocycles. The van der Waals surface area contributed by atoms with Gasteiger partial charge in [-0.1, -0.05) is 36.1 Å². The molecule has 4 heterocycles. The van der Waals surface area contributed by atoms with Gasteiger partial charge in [0.05, 0.1) is 17.5 Å². The van der Waals surface area contributed by atoms with Crippen molar-refractivity contribution in [3.8, 4) is 11.8 Å². The molecule has 2 amide bonds. The number of nitrogens with zero attached hydrogens (tertiary/aromatic N) is 5. The van der Waals surface area contributed by atoms with E-state index in [4.69, 9.17) is 0 Å². The molecule has 7 nitrogen and oxygen atoms in total. The highest BCUT2D eigenvalue weighted by atomic mass is 19.4. The Labute approximate surface area is 228 Å². The van der Waals surface area contributed by atoms with Crippen LogP contribution in [0.25, 0.3) is 0 Å². The van der Waals surface area contributed by atoms with Crippen molar-refractivity contribution < 1.29 is 22.8 Å². The van der Waals surface area contributed by atoms with Crippen molar-refractivity contribution in [2.24, 2.45) is 4.99 Å². The molecule has 1 spiro atoms. The Bertz CT molecular complexity index is 1680. The maximum atomic E-state index is 13.7. The first kappa shape index (κ1) is 25.7. The van der Waals surface area contributed by atoms with Crippen molar-refractivity contribution in [3.05, 3.63) is 88.4 Å². The van der Waals surface area contributed by atoms with Crippen LogP contribution in [0.1, 0.15) is 47.4 Å². The summed E-state index contributed by atoms with van der Waals surface area (Å²) >= 11 is 0. The molecule has 0 saturated heterocycles. The van der Waals surface area contributed by atoms with Gasteiger partial charge in [0.15, 0.2) is 0 Å². The highest BCUT2D eigenvalue weighted by molar-refractivity contribution is 6.15. The minimum atomic E-state index is -4.61. The number of halogens is 3. The maximum absolute atomic E-state index is 13.7. The smallest absolute Gasteiger partial charge is 0.299 e. The lowest BCUT2D eigenvalue weighted by Crippen LogP contribution is -2.40. The van der Waals surface area contributed by atoms with E-state index in [2.05, 4.69) is 26.8 Å². The molecule has 0 bridgehead atoms. The molecule has 10 heteroatoms. The topological polar surface area (TPSA) is 78.8 Å². The number of alkyl halides is 3. The van der Waals surface area contributed by atoms with Gasteiger partial charge in [0.25, 0.3) is 5.91 Å². The second-order valence-corrected chi connectivity index (χ2v) is 10.7. The van der Waals surface area contributed by atoms with Gasteiger partial charge in [-0.2, -0.15) is 13.2 Å². The van der Waals surface area contributed by atoms with E-state index in [0.717, 1.165) is 22.9 Å². The van der Waals surface area contributed by atoms with Gasteiger partial charge in [-0.15, -0.1) is 0 Å².